The average Bonchev–Trinajstić information content (AvgIpc) is 2.96. The van der Waals surface area contributed by atoms with Gasteiger partial charge in [-0.05, 0) is 49.7 Å². The Morgan fingerprint density at radius 2 is 1.80 bits per heavy atom. The lowest BCUT2D eigenvalue weighted by Crippen LogP contribution is -2.31. The summed E-state index contributed by atoms with van der Waals surface area (Å²) in [5.74, 6) is 0.730. The molecule has 1 N–H and O–H groups in total. The van der Waals surface area contributed by atoms with Gasteiger partial charge in [-0.25, -0.2) is 0 Å². The predicted molar refractivity (Wildman–Crippen MR) is 80.8 cm³/mol. The first-order valence-electron chi connectivity index (χ1n) is 8.11. The van der Waals surface area contributed by atoms with Crippen LogP contribution in [0.2, 0.25) is 0 Å². The van der Waals surface area contributed by atoms with Crippen LogP contribution < -0.4 is 0 Å². The van der Waals surface area contributed by atoms with Crippen LogP contribution in [-0.2, 0) is 4.74 Å². The van der Waals surface area contributed by atoms with E-state index in [1.165, 1.54) is 37.7 Å². The van der Waals surface area contributed by atoms with Crippen LogP contribution in [0.1, 0.15) is 75.0 Å². The fraction of sp³-hybridized carbons (Fsp3) is 0.667. The maximum absolute atomic E-state index is 10.6. The van der Waals surface area contributed by atoms with Crippen molar-refractivity contribution in [2.45, 2.75) is 69.5 Å². The SMILES string of the molecule is CC1(C(O)c2ccc(C3CCCCC3)cc2)CCCO1. The molecule has 0 aromatic heterocycles. The van der Waals surface area contributed by atoms with Crippen molar-refractivity contribution in [1.82, 2.24) is 0 Å². The van der Waals surface area contributed by atoms with Gasteiger partial charge in [0.25, 0.3) is 0 Å². The molecule has 0 spiro atoms. The van der Waals surface area contributed by atoms with Gasteiger partial charge in [0.2, 0.25) is 0 Å². The Bertz CT molecular complexity index is 425. The zero-order valence-corrected chi connectivity index (χ0v) is 12.5. The van der Waals surface area contributed by atoms with Crippen molar-refractivity contribution >= 4 is 0 Å². The molecule has 1 aromatic rings. The smallest absolute Gasteiger partial charge is 0.108 e. The summed E-state index contributed by atoms with van der Waals surface area (Å²) in [6, 6.07) is 8.63. The van der Waals surface area contributed by atoms with Crippen LogP contribution in [0.4, 0.5) is 0 Å². The second kappa shape index (κ2) is 5.87. The lowest BCUT2D eigenvalue weighted by Gasteiger charge is -2.30. The Labute approximate surface area is 122 Å². The fourth-order valence-electron chi connectivity index (χ4n) is 3.76. The molecule has 1 saturated carbocycles. The van der Waals surface area contributed by atoms with Crippen LogP contribution in [-0.4, -0.2) is 17.3 Å². The van der Waals surface area contributed by atoms with E-state index in [2.05, 4.69) is 24.3 Å². The van der Waals surface area contributed by atoms with E-state index in [0.29, 0.717) is 0 Å². The van der Waals surface area contributed by atoms with E-state index in [0.717, 1.165) is 30.9 Å². The van der Waals surface area contributed by atoms with Gasteiger partial charge in [-0.15, -0.1) is 0 Å². The second-order valence-electron chi connectivity index (χ2n) is 6.67. The highest BCUT2D eigenvalue weighted by Gasteiger charge is 2.38. The number of ether oxygens (including phenoxy) is 1. The number of rotatable bonds is 3. The third-order valence-corrected chi connectivity index (χ3v) is 5.16. The van der Waals surface area contributed by atoms with Gasteiger partial charge in [-0.3, -0.25) is 0 Å². The lowest BCUT2D eigenvalue weighted by atomic mass is 9.83. The van der Waals surface area contributed by atoms with E-state index in [1.807, 2.05) is 6.92 Å². The van der Waals surface area contributed by atoms with Gasteiger partial charge in [0.1, 0.15) is 6.10 Å². The molecule has 0 radical (unpaired) electrons. The monoisotopic (exact) mass is 274 g/mol. The van der Waals surface area contributed by atoms with Crippen molar-refractivity contribution < 1.29 is 9.84 Å². The maximum Gasteiger partial charge on any atom is 0.108 e. The molecule has 1 aromatic carbocycles. The van der Waals surface area contributed by atoms with E-state index in [1.54, 1.807) is 0 Å². The van der Waals surface area contributed by atoms with Gasteiger partial charge in [0.05, 0.1) is 5.60 Å². The standard InChI is InChI=1S/C18H26O2/c1-18(12-5-13-20-18)17(19)16-10-8-15(9-11-16)14-6-3-2-4-7-14/h8-11,14,17,19H,2-7,12-13H2,1H3. The van der Waals surface area contributed by atoms with Crippen LogP contribution >= 0.6 is 0 Å². The van der Waals surface area contributed by atoms with Crippen LogP contribution in [0, 0.1) is 0 Å². The lowest BCUT2D eigenvalue weighted by molar-refractivity contribution is -0.0796. The summed E-state index contributed by atoms with van der Waals surface area (Å²) in [5.41, 5.74) is 2.04. The van der Waals surface area contributed by atoms with Crippen LogP contribution in [0.25, 0.3) is 0 Å². The highest BCUT2D eigenvalue weighted by atomic mass is 16.5. The van der Waals surface area contributed by atoms with Crippen molar-refractivity contribution in [3.05, 3.63) is 35.4 Å². The minimum Gasteiger partial charge on any atom is -0.385 e. The topological polar surface area (TPSA) is 29.5 Å². The van der Waals surface area contributed by atoms with Gasteiger partial charge in [-0.2, -0.15) is 0 Å². The predicted octanol–water partition coefficient (Wildman–Crippen LogP) is 4.34. The molecule has 110 valence electrons. The summed E-state index contributed by atoms with van der Waals surface area (Å²) < 4.78 is 5.75. The summed E-state index contributed by atoms with van der Waals surface area (Å²) in [6.07, 6.45) is 8.24. The second-order valence-corrected chi connectivity index (χ2v) is 6.67. The molecule has 3 rings (SSSR count). The van der Waals surface area contributed by atoms with Crippen molar-refractivity contribution in [3.8, 4) is 0 Å². The first-order chi connectivity index (χ1) is 9.69. The van der Waals surface area contributed by atoms with Crippen molar-refractivity contribution in [1.29, 1.82) is 0 Å². The molecule has 2 atom stereocenters. The summed E-state index contributed by atoms with van der Waals surface area (Å²) in [6.45, 7) is 2.80. The van der Waals surface area contributed by atoms with E-state index < -0.39 is 11.7 Å². The molecule has 2 unspecified atom stereocenters. The third-order valence-electron chi connectivity index (χ3n) is 5.16. The molecular formula is C18H26O2. The van der Waals surface area contributed by atoms with E-state index in [-0.39, 0.29) is 0 Å². The van der Waals surface area contributed by atoms with Gasteiger partial charge < -0.3 is 9.84 Å². The van der Waals surface area contributed by atoms with Crippen LogP contribution in [0.15, 0.2) is 24.3 Å². The minimum atomic E-state index is -0.509. The molecule has 2 aliphatic rings. The normalized spacial score (nSPS) is 29.5. The fourth-order valence-corrected chi connectivity index (χ4v) is 3.76. The van der Waals surface area contributed by atoms with Gasteiger partial charge in [0, 0.05) is 6.61 Å². The zero-order valence-electron chi connectivity index (χ0n) is 12.5. The number of aliphatic hydroxyl groups excluding tert-OH is 1. The first kappa shape index (κ1) is 14.1. The maximum atomic E-state index is 10.6. The summed E-state index contributed by atoms with van der Waals surface area (Å²) in [5, 5.41) is 10.6. The average molecular weight is 274 g/mol. The van der Waals surface area contributed by atoms with Gasteiger partial charge in [-0.1, -0.05) is 43.5 Å². The zero-order chi connectivity index (χ0) is 14.0. The van der Waals surface area contributed by atoms with Crippen LogP contribution in [0.5, 0.6) is 0 Å². The molecular weight excluding hydrogens is 248 g/mol. The van der Waals surface area contributed by atoms with E-state index >= 15 is 0 Å². The Kier molecular flexibility index (Phi) is 4.13. The number of aliphatic hydroxyl groups is 1. The molecule has 1 aliphatic heterocycles. The van der Waals surface area contributed by atoms with Crippen LogP contribution in [0.3, 0.4) is 0 Å². The number of benzene rings is 1. The van der Waals surface area contributed by atoms with E-state index in [9.17, 15) is 5.11 Å². The highest BCUT2D eigenvalue weighted by molar-refractivity contribution is 5.28. The van der Waals surface area contributed by atoms with Crippen molar-refractivity contribution in [2.75, 3.05) is 6.61 Å². The molecule has 2 nitrogen and oxygen atoms in total. The highest BCUT2D eigenvalue weighted by Crippen LogP contribution is 2.38. The molecule has 2 heteroatoms. The first-order valence-corrected chi connectivity index (χ1v) is 8.11. The Hall–Kier alpha value is -0.860. The summed E-state index contributed by atoms with van der Waals surface area (Å²) in [4.78, 5) is 0. The van der Waals surface area contributed by atoms with Gasteiger partial charge >= 0.3 is 0 Å². The summed E-state index contributed by atoms with van der Waals surface area (Å²) >= 11 is 0. The number of hydrogen-bond donors (Lipinski definition) is 1. The number of hydrogen-bond acceptors (Lipinski definition) is 2. The molecule has 0 bridgehead atoms. The Balaban J connectivity index is 1.72. The Morgan fingerprint density at radius 3 is 2.40 bits per heavy atom. The largest absolute Gasteiger partial charge is 0.385 e. The van der Waals surface area contributed by atoms with Crippen molar-refractivity contribution in [2.24, 2.45) is 0 Å². The Morgan fingerprint density at radius 1 is 1.10 bits per heavy atom. The van der Waals surface area contributed by atoms with Crippen molar-refractivity contribution in [3.63, 3.8) is 0 Å². The summed E-state index contributed by atoms with van der Waals surface area (Å²) in [7, 11) is 0. The molecule has 0 amide bonds. The minimum absolute atomic E-state index is 0.396. The molecule has 1 saturated heterocycles. The third kappa shape index (κ3) is 2.77. The molecule has 1 aliphatic carbocycles. The van der Waals surface area contributed by atoms with E-state index in [4.69, 9.17) is 4.74 Å². The van der Waals surface area contributed by atoms with Gasteiger partial charge in [0.15, 0.2) is 0 Å². The molecule has 20 heavy (non-hydrogen) atoms. The molecule has 2 fully saturated rings. The molecule has 1 heterocycles. The quantitative estimate of drug-likeness (QED) is 0.888.